The Morgan fingerprint density at radius 1 is 1.24 bits per heavy atom. The van der Waals surface area contributed by atoms with Gasteiger partial charge in [-0.2, -0.15) is 0 Å². The van der Waals surface area contributed by atoms with E-state index in [0.717, 1.165) is 6.54 Å². The highest BCUT2D eigenvalue weighted by atomic mass is 32.2. The van der Waals surface area contributed by atoms with E-state index in [2.05, 4.69) is 22.5 Å². The molecule has 0 heterocycles. The summed E-state index contributed by atoms with van der Waals surface area (Å²) in [6.07, 6.45) is 7.59. The van der Waals surface area contributed by atoms with Crippen LogP contribution in [0.15, 0.2) is 4.99 Å². The van der Waals surface area contributed by atoms with Crippen molar-refractivity contribution in [2.45, 2.75) is 57.6 Å². The maximum Gasteiger partial charge on any atom is 0.191 e. The lowest BCUT2D eigenvalue weighted by Gasteiger charge is -2.29. The molecule has 21 heavy (non-hydrogen) atoms. The number of aliphatic imine (C=N–C) groups is 1. The minimum atomic E-state index is -3.10. The van der Waals surface area contributed by atoms with Crippen LogP contribution in [0.25, 0.3) is 0 Å². The van der Waals surface area contributed by atoms with Crippen LogP contribution >= 0.6 is 0 Å². The zero-order valence-corrected chi connectivity index (χ0v) is 14.9. The first-order valence-electron chi connectivity index (χ1n) is 7.80. The molecule has 0 bridgehead atoms. The Morgan fingerprint density at radius 3 is 2.24 bits per heavy atom. The van der Waals surface area contributed by atoms with Crippen LogP contribution in [-0.4, -0.2) is 45.5 Å². The quantitative estimate of drug-likeness (QED) is 0.580. The number of hydrogen-bond acceptors (Lipinski definition) is 3. The van der Waals surface area contributed by atoms with Gasteiger partial charge in [-0.1, -0.05) is 19.8 Å². The van der Waals surface area contributed by atoms with Crippen molar-refractivity contribution in [3.05, 3.63) is 0 Å². The fourth-order valence-corrected chi connectivity index (χ4v) is 3.03. The lowest BCUT2D eigenvalue weighted by atomic mass is 9.83. The second-order valence-electron chi connectivity index (χ2n) is 6.87. The Morgan fingerprint density at radius 2 is 1.81 bits per heavy atom. The first-order chi connectivity index (χ1) is 9.66. The van der Waals surface area contributed by atoms with Crippen LogP contribution in [0, 0.1) is 5.41 Å². The predicted molar refractivity (Wildman–Crippen MR) is 89.5 cm³/mol. The van der Waals surface area contributed by atoms with Gasteiger partial charge in [0.1, 0.15) is 0 Å². The maximum atomic E-state index is 11.7. The number of nitrogens with zero attached hydrogens (tertiary/aromatic N) is 1. The topological polar surface area (TPSA) is 70.6 Å². The molecule has 0 radical (unpaired) electrons. The summed E-state index contributed by atoms with van der Waals surface area (Å²) in [5, 5.41) is 6.51. The van der Waals surface area contributed by atoms with E-state index in [9.17, 15) is 8.42 Å². The van der Waals surface area contributed by atoms with Gasteiger partial charge in [0.05, 0.1) is 4.75 Å². The highest BCUT2D eigenvalue weighted by Gasteiger charge is 2.33. The van der Waals surface area contributed by atoms with E-state index in [-0.39, 0.29) is 0 Å². The van der Waals surface area contributed by atoms with Gasteiger partial charge < -0.3 is 10.6 Å². The van der Waals surface area contributed by atoms with Crippen molar-refractivity contribution in [1.82, 2.24) is 10.6 Å². The number of guanidine groups is 1. The molecule has 0 aliphatic heterocycles. The zero-order chi connectivity index (χ0) is 16.1. The van der Waals surface area contributed by atoms with Crippen molar-refractivity contribution < 1.29 is 8.42 Å². The molecule has 6 heteroatoms. The average molecular weight is 317 g/mol. The molecule has 0 aromatic heterocycles. The maximum absolute atomic E-state index is 11.7. The van der Waals surface area contributed by atoms with E-state index < -0.39 is 14.6 Å². The van der Waals surface area contributed by atoms with Gasteiger partial charge in [-0.25, -0.2) is 8.42 Å². The van der Waals surface area contributed by atoms with E-state index in [1.54, 1.807) is 20.9 Å². The van der Waals surface area contributed by atoms with Crippen molar-refractivity contribution in [1.29, 1.82) is 0 Å². The van der Waals surface area contributed by atoms with Gasteiger partial charge in [0.15, 0.2) is 15.8 Å². The van der Waals surface area contributed by atoms with Gasteiger partial charge >= 0.3 is 0 Å². The van der Waals surface area contributed by atoms with Crippen LogP contribution in [0.3, 0.4) is 0 Å². The number of hydrogen-bond donors (Lipinski definition) is 2. The lowest BCUT2D eigenvalue weighted by molar-refractivity contribution is 0.283. The molecule has 1 fully saturated rings. The van der Waals surface area contributed by atoms with E-state index in [1.165, 1.54) is 38.4 Å². The molecule has 1 aliphatic carbocycles. The molecule has 0 unspecified atom stereocenters. The Balaban J connectivity index is 2.54. The number of sulfone groups is 1. The summed E-state index contributed by atoms with van der Waals surface area (Å²) < 4.78 is 22.6. The van der Waals surface area contributed by atoms with Crippen molar-refractivity contribution >= 4 is 15.8 Å². The number of nitrogens with one attached hydrogen (secondary N) is 2. The summed E-state index contributed by atoms with van der Waals surface area (Å²) in [6, 6.07) is 0. The molecular formula is C15H31N3O2S. The van der Waals surface area contributed by atoms with Crippen molar-refractivity contribution in [3.63, 3.8) is 0 Å². The van der Waals surface area contributed by atoms with Gasteiger partial charge in [0.25, 0.3) is 0 Å². The highest BCUT2D eigenvalue weighted by Crippen LogP contribution is 2.40. The zero-order valence-electron chi connectivity index (χ0n) is 14.1. The smallest absolute Gasteiger partial charge is 0.191 e. The van der Waals surface area contributed by atoms with E-state index in [4.69, 9.17) is 0 Å². The van der Waals surface area contributed by atoms with Gasteiger partial charge in [-0.15, -0.1) is 0 Å². The van der Waals surface area contributed by atoms with Crippen LogP contribution in [-0.2, 0) is 9.84 Å². The second kappa shape index (κ2) is 6.99. The van der Waals surface area contributed by atoms with Crippen LogP contribution < -0.4 is 10.6 Å². The normalized spacial score (nSPS) is 19.6. The summed E-state index contributed by atoms with van der Waals surface area (Å²) >= 11 is 0. The molecule has 0 saturated heterocycles. The Kier molecular flexibility index (Phi) is 6.08. The number of rotatable bonds is 6. The molecule has 1 aliphatic rings. The fourth-order valence-electron chi connectivity index (χ4n) is 2.70. The highest BCUT2D eigenvalue weighted by molar-refractivity contribution is 7.92. The Hall–Kier alpha value is -0.780. The van der Waals surface area contributed by atoms with Crippen LogP contribution in [0.1, 0.15) is 52.9 Å². The molecule has 1 saturated carbocycles. The molecule has 2 N–H and O–H groups in total. The summed E-state index contributed by atoms with van der Waals surface area (Å²) in [7, 11) is -1.38. The third-order valence-electron chi connectivity index (χ3n) is 4.95. The van der Waals surface area contributed by atoms with E-state index in [0.29, 0.717) is 17.9 Å². The minimum absolute atomic E-state index is 0.352. The molecule has 0 atom stereocenters. The minimum Gasteiger partial charge on any atom is -0.356 e. The molecular weight excluding hydrogens is 286 g/mol. The SMILES string of the molecule is CCC1(CNC(=NC)NCC(C)(C)S(C)(=O)=O)CCCC1. The van der Waals surface area contributed by atoms with Crippen LogP contribution in [0.2, 0.25) is 0 Å². The molecule has 1 rings (SSSR count). The Bertz CT molecular complexity index is 463. The van der Waals surface area contributed by atoms with Crippen LogP contribution in [0.5, 0.6) is 0 Å². The second-order valence-corrected chi connectivity index (χ2v) is 9.52. The van der Waals surface area contributed by atoms with Gasteiger partial charge in [-0.3, -0.25) is 4.99 Å². The molecule has 5 nitrogen and oxygen atoms in total. The van der Waals surface area contributed by atoms with E-state index >= 15 is 0 Å². The molecule has 124 valence electrons. The lowest BCUT2D eigenvalue weighted by Crippen LogP contribution is -2.49. The molecule has 0 aromatic carbocycles. The summed E-state index contributed by atoms with van der Waals surface area (Å²) in [5.74, 6) is 0.687. The van der Waals surface area contributed by atoms with Gasteiger partial charge in [0, 0.05) is 26.4 Å². The Labute approximate surface area is 129 Å². The standard InChI is InChI=1S/C15H31N3O2S/c1-6-15(9-7-8-10-15)12-18-13(16-4)17-11-14(2,3)21(5,19)20/h6-12H2,1-5H3,(H2,16,17,18). The summed E-state index contributed by atoms with van der Waals surface area (Å²) in [4.78, 5) is 4.20. The average Bonchev–Trinajstić information content (AvgIpc) is 2.87. The van der Waals surface area contributed by atoms with Gasteiger partial charge in [-0.05, 0) is 38.5 Å². The molecule has 0 spiro atoms. The third-order valence-corrected chi connectivity index (χ3v) is 7.11. The first-order valence-corrected chi connectivity index (χ1v) is 9.69. The van der Waals surface area contributed by atoms with Gasteiger partial charge in [0.2, 0.25) is 0 Å². The molecule has 0 aromatic rings. The predicted octanol–water partition coefficient (Wildman–Crippen LogP) is 1.94. The fraction of sp³-hybridized carbons (Fsp3) is 0.933. The monoisotopic (exact) mass is 317 g/mol. The van der Waals surface area contributed by atoms with Crippen molar-refractivity contribution in [2.75, 3.05) is 26.4 Å². The summed E-state index contributed by atoms with van der Waals surface area (Å²) in [5.41, 5.74) is 0.379. The third kappa shape index (κ3) is 4.87. The largest absolute Gasteiger partial charge is 0.356 e. The van der Waals surface area contributed by atoms with E-state index in [1.807, 2.05) is 0 Å². The molecule has 0 amide bonds. The summed E-state index contributed by atoms with van der Waals surface area (Å²) in [6.45, 7) is 6.96. The van der Waals surface area contributed by atoms with Crippen molar-refractivity contribution in [2.24, 2.45) is 10.4 Å². The van der Waals surface area contributed by atoms with Crippen molar-refractivity contribution in [3.8, 4) is 0 Å². The van der Waals surface area contributed by atoms with Crippen LogP contribution in [0.4, 0.5) is 0 Å². The first kappa shape index (κ1) is 18.3.